The van der Waals surface area contributed by atoms with Gasteiger partial charge in [0.15, 0.2) is 0 Å². The van der Waals surface area contributed by atoms with Crippen molar-refractivity contribution in [3.8, 4) is 0 Å². The Morgan fingerprint density at radius 1 is 1.29 bits per heavy atom. The number of nitrogens with zero attached hydrogens (tertiary/aromatic N) is 1. The van der Waals surface area contributed by atoms with Gasteiger partial charge in [-0.1, -0.05) is 37.3 Å². The van der Waals surface area contributed by atoms with Crippen LogP contribution < -0.4 is 0 Å². The highest BCUT2D eigenvalue weighted by atomic mass is 16.4. The van der Waals surface area contributed by atoms with Gasteiger partial charge in [-0.2, -0.15) is 0 Å². The van der Waals surface area contributed by atoms with Crippen LogP contribution in [0.4, 0.5) is 0 Å². The number of hydrogen-bond acceptors (Lipinski definition) is 2. The van der Waals surface area contributed by atoms with Crippen LogP contribution in [0.2, 0.25) is 0 Å². The molecule has 2 rings (SSSR count). The molecular weight excluding hydrogens is 266 g/mol. The topological polar surface area (TPSA) is 57.6 Å². The minimum Gasteiger partial charge on any atom is -0.480 e. The van der Waals surface area contributed by atoms with Crippen molar-refractivity contribution in [2.75, 3.05) is 6.54 Å². The molecule has 1 aromatic carbocycles. The molecule has 1 aromatic rings. The molecule has 2 unspecified atom stereocenters. The van der Waals surface area contributed by atoms with Gasteiger partial charge >= 0.3 is 5.97 Å². The molecule has 0 aromatic heterocycles. The summed E-state index contributed by atoms with van der Waals surface area (Å²) in [7, 11) is 0. The number of carboxylic acid groups (broad SMARTS) is 1. The Labute approximate surface area is 125 Å². The van der Waals surface area contributed by atoms with Crippen LogP contribution in [0.3, 0.4) is 0 Å². The number of carbonyl (C=O) groups is 2. The number of aryl methyl sites for hydroxylation is 1. The van der Waals surface area contributed by atoms with Crippen LogP contribution in [0.25, 0.3) is 0 Å². The first-order valence-corrected chi connectivity index (χ1v) is 7.64. The van der Waals surface area contributed by atoms with Crippen molar-refractivity contribution in [2.24, 2.45) is 5.92 Å². The summed E-state index contributed by atoms with van der Waals surface area (Å²) in [6.07, 6.45) is 3.51. The van der Waals surface area contributed by atoms with Gasteiger partial charge in [0.05, 0.1) is 0 Å². The van der Waals surface area contributed by atoms with Crippen LogP contribution in [0.5, 0.6) is 0 Å². The van der Waals surface area contributed by atoms with E-state index in [0.29, 0.717) is 25.3 Å². The van der Waals surface area contributed by atoms with Crippen molar-refractivity contribution in [1.29, 1.82) is 0 Å². The van der Waals surface area contributed by atoms with Crippen molar-refractivity contribution in [3.63, 3.8) is 0 Å². The van der Waals surface area contributed by atoms with Gasteiger partial charge in [-0.05, 0) is 37.2 Å². The monoisotopic (exact) mass is 289 g/mol. The molecule has 1 aliphatic rings. The predicted molar refractivity (Wildman–Crippen MR) is 80.9 cm³/mol. The Balaban J connectivity index is 1.85. The molecule has 4 heteroatoms. The molecule has 0 bridgehead atoms. The van der Waals surface area contributed by atoms with E-state index in [9.17, 15) is 14.7 Å². The van der Waals surface area contributed by atoms with E-state index in [-0.39, 0.29) is 5.91 Å². The minimum atomic E-state index is -0.877. The molecule has 2 atom stereocenters. The van der Waals surface area contributed by atoms with Crippen molar-refractivity contribution in [3.05, 3.63) is 35.9 Å². The maximum atomic E-state index is 12.3. The fraction of sp³-hybridized carbons (Fsp3) is 0.529. The van der Waals surface area contributed by atoms with Gasteiger partial charge in [0.1, 0.15) is 6.04 Å². The summed E-state index contributed by atoms with van der Waals surface area (Å²) in [6, 6.07) is 9.41. The van der Waals surface area contributed by atoms with Crippen molar-refractivity contribution >= 4 is 11.9 Å². The van der Waals surface area contributed by atoms with Gasteiger partial charge in [0.2, 0.25) is 5.91 Å². The third-order valence-electron chi connectivity index (χ3n) is 4.17. The average Bonchev–Trinajstić information content (AvgIpc) is 2.48. The molecule has 1 amide bonds. The van der Waals surface area contributed by atoms with Crippen LogP contribution >= 0.6 is 0 Å². The molecule has 1 fully saturated rings. The van der Waals surface area contributed by atoms with Crippen LogP contribution in [0.15, 0.2) is 30.3 Å². The fourth-order valence-electron chi connectivity index (χ4n) is 2.91. The summed E-state index contributed by atoms with van der Waals surface area (Å²) in [5.74, 6) is -0.525. The Kier molecular flexibility index (Phi) is 5.37. The highest BCUT2D eigenvalue weighted by Gasteiger charge is 2.34. The predicted octanol–water partition coefficient (Wildman–Crippen LogP) is 2.72. The lowest BCUT2D eigenvalue weighted by molar-refractivity contribution is -0.153. The number of hydrogen-bond donors (Lipinski definition) is 1. The van der Waals surface area contributed by atoms with E-state index >= 15 is 0 Å². The largest absolute Gasteiger partial charge is 0.480 e. The van der Waals surface area contributed by atoms with E-state index in [1.807, 2.05) is 37.3 Å². The summed E-state index contributed by atoms with van der Waals surface area (Å²) in [5, 5.41) is 9.28. The first kappa shape index (κ1) is 15.5. The number of benzene rings is 1. The zero-order valence-electron chi connectivity index (χ0n) is 12.5. The highest BCUT2D eigenvalue weighted by molar-refractivity contribution is 5.83. The minimum absolute atomic E-state index is 0.0229. The molecule has 21 heavy (non-hydrogen) atoms. The number of amides is 1. The van der Waals surface area contributed by atoms with E-state index in [0.717, 1.165) is 19.3 Å². The summed E-state index contributed by atoms with van der Waals surface area (Å²) < 4.78 is 0. The fourth-order valence-corrected chi connectivity index (χ4v) is 2.91. The van der Waals surface area contributed by atoms with Crippen LogP contribution in [-0.2, 0) is 16.0 Å². The van der Waals surface area contributed by atoms with Crippen molar-refractivity contribution < 1.29 is 14.7 Å². The van der Waals surface area contributed by atoms with E-state index < -0.39 is 12.0 Å². The summed E-state index contributed by atoms with van der Waals surface area (Å²) in [4.78, 5) is 25.2. The molecule has 0 radical (unpaired) electrons. The number of carboxylic acids is 1. The van der Waals surface area contributed by atoms with Gasteiger partial charge in [-0.25, -0.2) is 4.79 Å². The van der Waals surface area contributed by atoms with Crippen molar-refractivity contribution in [2.45, 2.75) is 45.1 Å². The van der Waals surface area contributed by atoms with Crippen LogP contribution in [0.1, 0.15) is 38.2 Å². The van der Waals surface area contributed by atoms with Gasteiger partial charge in [0, 0.05) is 13.0 Å². The maximum Gasteiger partial charge on any atom is 0.326 e. The second-order valence-corrected chi connectivity index (χ2v) is 5.91. The summed E-state index contributed by atoms with van der Waals surface area (Å²) in [6.45, 7) is 2.62. The first-order valence-electron chi connectivity index (χ1n) is 7.64. The Morgan fingerprint density at radius 2 is 2.00 bits per heavy atom. The number of carbonyl (C=O) groups excluding carboxylic acids is 1. The normalized spacial score (nSPS) is 22.0. The molecule has 0 saturated carbocycles. The smallest absolute Gasteiger partial charge is 0.326 e. The van der Waals surface area contributed by atoms with Crippen LogP contribution in [-0.4, -0.2) is 34.5 Å². The van der Waals surface area contributed by atoms with Gasteiger partial charge in [-0.3, -0.25) is 4.79 Å². The lowest BCUT2D eigenvalue weighted by Gasteiger charge is -2.36. The maximum absolute atomic E-state index is 12.3. The Hall–Kier alpha value is -1.84. The van der Waals surface area contributed by atoms with Gasteiger partial charge in [-0.15, -0.1) is 0 Å². The number of aliphatic carboxylic acids is 1. The van der Waals surface area contributed by atoms with E-state index in [1.165, 1.54) is 5.56 Å². The second kappa shape index (κ2) is 7.25. The van der Waals surface area contributed by atoms with E-state index in [4.69, 9.17) is 0 Å². The highest BCUT2D eigenvalue weighted by Crippen LogP contribution is 2.23. The lowest BCUT2D eigenvalue weighted by atomic mass is 9.92. The Bertz CT molecular complexity index is 486. The third kappa shape index (κ3) is 4.31. The molecule has 114 valence electrons. The zero-order valence-corrected chi connectivity index (χ0v) is 12.5. The SMILES string of the molecule is CC1CCN(C(=O)CCCc2ccccc2)C(C(=O)O)C1. The van der Waals surface area contributed by atoms with E-state index in [1.54, 1.807) is 4.90 Å². The van der Waals surface area contributed by atoms with Gasteiger partial charge < -0.3 is 10.0 Å². The Morgan fingerprint density at radius 3 is 2.67 bits per heavy atom. The number of likely N-dealkylation sites (tertiary alicyclic amines) is 1. The molecule has 1 heterocycles. The molecule has 1 saturated heterocycles. The van der Waals surface area contributed by atoms with Gasteiger partial charge in [0.25, 0.3) is 0 Å². The lowest BCUT2D eigenvalue weighted by Crippen LogP contribution is -2.49. The number of rotatable bonds is 5. The average molecular weight is 289 g/mol. The third-order valence-corrected chi connectivity index (χ3v) is 4.17. The molecular formula is C17H23NO3. The molecule has 1 aliphatic heterocycles. The van der Waals surface area contributed by atoms with Crippen LogP contribution in [0, 0.1) is 5.92 Å². The standard InChI is InChI=1S/C17H23NO3/c1-13-10-11-18(15(12-13)17(20)21)16(19)9-5-8-14-6-3-2-4-7-14/h2-4,6-7,13,15H,5,8-12H2,1H3,(H,20,21). The zero-order chi connectivity index (χ0) is 15.2. The van der Waals surface area contributed by atoms with Crippen molar-refractivity contribution in [1.82, 2.24) is 4.90 Å². The summed E-state index contributed by atoms with van der Waals surface area (Å²) in [5.41, 5.74) is 1.22. The quantitative estimate of drug-likeness (QED) is 0.906. The van der Waals surface area contributed by atoms with E-state index in [2.05, 4.69) is 0 Å². The molecule has 4 nitrogen and oxygen atoms in total. The summed E-state index contributed by atoms with van der Waals surface area (Å²) >= 11 is 0. The molecule has 0 aliphatic carbocycles. The first-order chi connectivity index (χ1) is 10.1. The molecule has 1 N–H and O–H groups in total. The number of piperidine rings is 1. The second-order valence-electron chi connectivity index (χ2n) is 5.91. The molecule has 0 spiro atoms.